The van der Waals surface area contributed by atoms with Gasteiger partial charge in [-0.3, -0.25) is 9.59 Å². The van der Waals surface area contributed by atoms with E-state index in [0.717, 1.165) is 24.3 Å². The molecule has 62 heavy (non-hydrogen) atoms. The van der Waals surface area contributed by atoms with Crippen molar-refractivity contribution in [1.29, 1.82) is 0 Å². The third-order valence-corrected chi connectivity index (χ3v) is 9.62. The van der Waals surface area contributed by atoms with Gasteiger partial charge in [0.15, 0.2) is 0 Å². The first-order valence-corrected chi connectivity index (χ1v) is 19.5. The molecule has 2 aromatic heterocycles. The summed E-state index contributed by atoms with van der Waals surface area (Å²) < 4.78 is 10.3. The molecule has 6 rings (SSSR count). The number of methoxy groups -OCH3 is 2. The number of carboxylic acid groups (broad SMARTS) is 2. The number of aliphatic hydroxyl groups excluding tert-OH is 2. The quantitative estimate of drug-likeness (QED) is 0.0592. The van der Waals surface area contributed by atoms with Gasteiger partial charge < -0.3 is 60.7 Å². The molecule has 0 saturated heterocycles. The fraction of sp³-hybridized carbons (Fsp3) is 0.261. The van der Waals surface area contributed by atoms with E-state index in [1.54, 1.807) is 38.5 Å². The molecule has 0 aliphatic rings. The van der Waals surface area contributed by atoms with Crippen LogP contribution in [0.25, 0.3) is 21.8 Å². The summed E-state index contributed by atoms with van der Waals surface area (Å²) in [6.45, 7) is 4.83. The fourth-order valence-electron chi connectivity index (χ4n) is 6.46. The van der Waals surface area contributed by atoms with Crippen molar-refractivity contribution in [3.8, 4) is 23.0 Å². The van der Waals surface area contributed by atoms with Crippen molar-refractivity contribution in [3.05, 3.63) is 152 Å². The number of carboxylic acids is 2. The monoisotopic (exact) mass is 852 g/mol. The predicted molar refractivity (Wildman–Crippen MR) is 235 cm³/mol. The summed E-state index contributed by atoms with van der Waals surface area (Å²) in [5.41, 5.74) is 3.75. The number of rotatable bonds is 16. The lowest BCUT2D eigenvalue weighted by Crippen LogP contribution is -2.32. The van der Waals surface area contributed by atoms with E-state index >= 15 is 0 Å². The van der Waals surface area contributed by atoms with Crippen LogP contribution in [-0.2, 0) is 22.4 Å². The topological polar surface area (TPSA) is 264 Å². The number of phenols is 2. The van der Waals surface area contributed by atoms with E-state index in [0.29, 0.717) is 58.2 Å². The Bertz CT molecular complexity index is 2380. The lowest BCUT2D eigenvalue weighted by Gasteiger charge is -2.19. The number of aliphatic carboxylic acids is 2. The molecule has 0 unspecified atom stereocenters. The average Bonchev–Trinajstić information content (AvgIpc) is 3.25. The number of carbonyl (C=O) groups is 2. The highest BCUT2D eigenvalue weighted by molar-refractivity contribution is 5.90. The van der Waals surface area contributed by atoms with E-state index in [9.17, 15) is 39.6 Å². The molecule has 0 aliphatic heterocycles. The van der Waals surface area contributed by atoms with Gasteiger partial charge in [-0.1, -0.05) is 36.4 Å². The standard InChI is InChI=1S/2C21H24N2O4.C4H4O4/c2*1-13(11-14-3-5-15(27-2)6-4-14)22-12-19(25)16-7-9-18(24)21-17(16)8-10-20(26)23-21;5-3(6)1-2-4(7)8/h2*3-10,13,19,22,24-25H,11-12H2,1-2H3,(H,23,26);1-2H,(H,5,6)(H,7,8)/b;;2-1+/t2*13-,19+;/m11./s1. The normalized spacial score (nSPS) is 12.9. The largest absolute Gasteiger partial charge is 0.506 e. The summed E-state index contributed by atoms with van der Waals surface area (Å²) in [6.07, 6.45) is 1.22. The minimum atomic E-state index is -1.26. The number of ether oxygens (including phenoxy) is 2. The number of H-pyrrole nitrogens is 2. The van der Waals surface area contributed by atoms with Gasteiger partial charge in [0, 0.05) is 60.2 Å². The number of fused-ring (bicyclic) bond motifs is 2. The zero-order valence-corrected chi connectivity index (χ0v) is 34.7. The zero-order valence-electron chi connectivity index (χ0n) is 34.7. The van der Waals surface area contributed by atoms with Crippen molar-refractivity contribution in [3.63, 3.8) is 0 Å². The molecule has 0 radical (unpaired) electrons. The molecule has 0 saturated carbocycles. The first-order chi connectivity index (χ1) is 29.6. The fourth-order valence-corrected chi connectivity index (χ4v) is 6.46. The van der Waals surface area contributed by atoms with Gasteiger partial charge in [0.2, 0.25) is 11.1 Å². The van der Waals surface area contributed by atoms with Crippen LogP contribution >= 0.6 is 0 Å². The summed E-state index contributed by atoms with van der Waals surface area (Å²) in [7, 11) is 3.28. The van der Waals surface area contributed by atoms with Gasteiger partial charge in [-0.2, -0.15) is 0 Å². The lowest BCUT2D eigenvalue weighted by molar-refractivity contribution is -0.134. The van der Waals surface area contributed by atoms with E-state index < -0.39 is 24.1 Å². The molecule has 4 aromatic carbocycles. The molecule has 0 fully saturated rings. The summed E-state index contributed by atoms with van der Waals surface area (Å²) >= 11 is 0. The summed E-state index contributed by atoms with van der Waals surface area (Å²) in [6, 6.07) is 28.5. The molecule has 328 valence electrons. The number of phenolic OH excluding ortho intramolecular Hbond substituents is 2. The van der Waals surface area contributed by atoms with Gasteiger partial charge in [0.05, 0.1) is 37.5 Å². The van der Waals surface area contributed by atoms with Crippen LogP contribution in [0.5, 0.6) is 23.0 Å². The molecule has 0 amide bonds. The Morgan fingerprint density at radius 2 is 0.935 bits per heavy atom. The number of nitrogens with one attached hydrogen (secondary N) is 4. The van der Waals surface area contributed by atoms with Crippen molar-refractivity contribution < 1.29 is 49.7 Å². The second-order valence-electron chi connectivity index (χ2n) is 14.3. The van der Waals surface area contributed by atoms with Crippen LogP contribution in [0.1, 0.15) is 48.3 Å². The van der Waals surface area contributed by atoms with Crippen LogP contribution in [0.4, 0.5) is 0 Å². The highest BCUT2D eigenvalue weighted by Gasteiger charge is 2.17. The SMILES string of the molecule is COc1ccc(C[C@@H](C)NC[C@H](O)c2ccc(O)c3[nH]c(=O)ccc23)cc1.COc1ccc(C[C@@H](C)NC[C@H](O)c2ccc(O)c3[nH]c(=O)ccc23)cc1.O=C(O)/C=C/C(=O)O. The van der Waals surface area contributed by atoms with Gasteiger partial charge in [-0.25, -0.2) is 9.59 Å². The number of benzene rings is 4. The second-order valence-corrected chi connectivity index (χ2v) is 14.3. The number of aromatic nitrogens is 2. The molecule has 4 atom stereocenters. The van der Waals surface area contributed by atoms with Crippen LogP contribution in [0, 0.1) is 0 Å². The Kier molecular flexibility index (Phi) is 17.8. The molecule has 16 heteroatoms. The van der Waals surface area contributed by atoms with E-state index in [4.69, 9.17) is 19.7 Å². The highest BCUT2D eigenvalue weighted by atomic mass is 16.5. The van der Waals surface area contributed by atoms with Gasteiger partial charge in [-0.05, 0) is 97.5 Å². The number of aliphatic hydroxyl groups is 2. The molecule has 16 nitrogen and oxygen atoms in total. The van der Waals surface area contributed by atoms with Crippen LogP contribution in [0.2, 0.25) is 0 Å². The number of aromatic amines is 2. The van der Waals surface area contributed by atoms with Gasteiger partial charge >= 0.3 is 11.9 Å². The maximum Gasteiger partial charge on any atom is 0.328 e. The minimum Gasteiger partial charge on any atom is -0.506 e. The Morgan fingerprint density at radius 1 is 0.581 bits per heavy atom. The van der Waals surface area contributed by atoms with Crippen molar-refractivity contribution in [2.45, 2.75) is 51.0 Å². The third-order valence-electron chi connectivity index (χ3n) is 9.62. The predicted octanol–water partition coefficient (Wildman–Crippen LogP) is 4.70. The molecule has 0 spiro atoms. The number of hydrogen-bond acceptors (Lipinski definition) is 12. The molecular formula is C46H52N4O12. The van der Waals surface area contributed by atoms with Crippen LogP contribution < -0.4 is 31.2 Å². The van der Waals surface area contributed by atoms with Crippen LogP contribution in [0.15, 0.2) is 119 Å². The van der Waals surface area contributed by atoms with Crippen LogP contribution in [-0.4, -0.2) is 91.9 Å². The summed E-state index contributed by atoms with van der Waals surface area (Å²) in [5, 5.41) is 64.7. The molecule has 0 bridgehead atoms. The minimum absolute atomic E-state index is 0.0144. The first-order valence-electron chi connectivity index (χ1n) is 19.5. The van der Waals surface area contributed by atoms with Crippen molar-refractivity contribution >= 4 is 33.7 Å². The summed E-state index contributed by atoms with van der Waals surface area (Å²) in [5.74, 6) is -0.891. The van der Waals surface area contributed by atoms with E-state index in [2.05, 4.69) is 34.4 Å². The molecule has 10 N–H and O–H groups in total. The smallest absolute Gasteiger partial charge is 0.328 e. The van der Waals surface area contributed by atoms with E-state index in [-0.39, 0.29) is 34.7 Å². The van der Waals surface area contributed by atoms with Crippen LogP contribution in [0.3, 0.4) is 0 Å². The Hall–Kier alpha value is -6.98. The maximum atomic E-state index is 11.5. The van der Waals surface area contributed by atoms with Crippen molar-refractivity contribution in [2.75, 3.05) is 27.3 Å². The van der Waals surface area contributed by atoms with Gasteiger partial charge in [0.25, 0.3) is 0 Å². The first kappa shape index (κ1) is 47.7. The van der Waals surface area contributed by atoms with E-state index in [1.165, 1.54) is 35.4 Å². The van der Waals surface area contributed by atoms with Crippen molar-refractivity contribution in [1.82, 2.24) is 20.6 Å². The highest BCUT2D eigenvalue weighted by Crippen LogP contribution is 2.30. The molecule has 2 heterocycles. The number of aromatic hydroxyl groups is 2. The number of pyridine rings is 2. The average molecular weight is 853 g/mol. The number of hydrogen-bond donors (Lipinski definition) is 10. The maximum absolute atomic E-state index is 11.5. The van der Waals surface area contributed by atoms with Gasteiger partial charge in [0.1, 0.15) is 23.0 Å². The Balaban J connectivity index is 0.000000232. The zero-order chi connectivity index (χ0) is 45.3. The Labute approximate surface area is 356 Å². The van der Waals surface area contributed by atoms with Crippen molar-refractivity contribution in [2.24, 2.45) is 0 Å². The second kappa shape index (κ2) is 23.1. The molecule has 6 aromatic rings. The molecular weight excluding hydrogens is 801 g/mol. The third kappa shape index (κ3) is 14.3. The Morgan fingerprint density at radius 3 is 1.26 bits per heavy atom. The lowest BCUT2D eigenvalue weighted by atomic mass is 10.0. The van der Waals surface area contributed by atoms with E-state index in [1.807, 2.05) is 48.5 Å². The molecule has 0 aliphatic carbocycles. The van der Waals surface area contributed by atoms with Gasteiger partial charge in [-0.15, -0.1) is 0 Å². The summed E-state index contributed by atoms with van der Waals surface area (Å²) in [4.78, 5) is 47.3.